The van der Waals surface area contributed by atoms with Crippen molar-refractivity contribution >= 4 is 10.9 Å². The van der Waals surface area contributed by atoms with Crippen LogP contribution in [-0.2, 0) is 0 Å². The monoisotopic (exact) mass is 230 g/mol. The van der Waals surface area contributed by atoms with Crippen LogP contribution in [0.4, 0.5) is 8.78 Å². The van der Waals surface area contributed by atoms with Crippen LogP contribution < -0.4 is 0 Å². The van der Waals surface area contributed by atoms with Gasteiger partial charge >= 0.3 is 0 Å². The molecule has 2 nitrogen and oxygen atoms in total. The molecule has 0 unspecified atom stereocenters. The summed E-state index contributed by atoms with van der Waals surface area (Å²) in [5, 5.41) is 0.866. The van der Waals surface area contributed by atoms with Gasteiger partial charge in [0.25, 0.3) is 0 Å². The number of nitrogens with one attached hydrogen (secondary N) is 1. The highest BCUT2D eigenvalue weighted by molar-refractivity contribution is 5.94. The van der Waals surface area contributed by atoms with Gasteiger partial charge in [0.05, 0.1) is 11.9 Å². The molecular formula is C13H8F2N2. The molecule has 3 aromatic rings. The molecule has 0 amide bonds. The first-order valence-electron chi connectivity index (χ1n) is 5.12. The Morgan fingerprint density at radius 2 is 1.82 bits per heavy atom. The van der Waals surface area contributed by atoms with Crippen LogP contribution >= 0.6 is 0 Å². The number of nitrogens with zero attached hydrogens (tertiary/aromatic N) is 1. The van der Waals surface area contributed by atoms with Crippen molar-refractivity contribution in [3.8, 4) is 11.3 Å². The summed E-state index contributed by atoms with van der Waals surface area (Å²) in [7, 11) is 0. The Morgan fingerprint density at radius 3 is 2.59 bits per heavy atom. The highest BCUT2D eigenvalue weighted by atomic mass is 19.1. The molecule has 0 aliphatic carbocycles. The molecule has 0 saturated carbocycles. The van der Waals surface area contributed by atoms with E-state index in [-0.39, 0.29) is 11.6 Å². The standard InChI is InChI=1S/C13H8F2N2/c14-8-1-3-10-11(7-17-13(10)5-8)12-4-2-9(15)6-16-12/h1-7,17H. The van der Waals surface area contributed by atoms with Gasteiger partial charge in [0, 0.05) is 22.7 Å². The molecule has 4 heteroatoms. The molecule has 0 aliphatic heterocycles. The maximum Gasteiger partial charge on any atom is 0.141 e. The van der Waals surface area contributed by atoms with Crippen LogP contribution in [0.5, 0.6) is 0 Å². The van der Waals surface area contributed by atoms with Crippen molar-refractivity contribution < 1.29 is 8.78 Å². The van der Waals surface area contributed by atoms with Gasteiger partial charge in [0.15, 0.2) is 0 Å². The van der Waals surface area contributed by atoms with Crippen molar-refractivity contribution in [2.45, 2.75) is 0 Å². The molecule has 0 bridgehead atoms. The number of rotatable bonds is 1. The summed E-state index contributed by atoms with van der Waals surface area (Å²) in [5.41, 5.74) is 2.19. The van der Waals surface area contributed by atoms with Crippen LogP contribution in [0.2, 0.25) is 0 Å². The fraction of sp³-hybridized carbons (Fsp3) is 0. The first-order chi connectivity index (χ1) is 8.24. The molecule has 1 aromatic carbocycles. The van der Waals surface area contributed by atoms with Crippen LogP contribution in [0, 0.1) is 11.6 Å². The summed E-state index contributed by atoms with van der Waals surface area (Å²) in [6.07, 6.45) is 2.90. The van der Waals surface area contributed by atoms with Crippen molar-refractivity contribution in [2.24, 2.45) is 0 Å². The van der Waals surface area contributed by atoms with Crippen LogP contribution in [0.25, 0.3) is 22.2 Å². The number of aromatic nitrogens is 2. The summed E-state index contributed by atoms with van der Waals surface area (Å²) in [6.45, 7) is 0. The molecule has 2 heterocycles. The Kier molecular flexibility index (Phi) is 2.14. The number of pyridine rings is 1. The van der Waals surface area contributed by atoms with E-state index in [2.05, 4.69) is 9.97 Å². The summed E-state index contributed by atoms with van der Waals surface area (Å²) in [5.74, 6) is -0.669. The van der Waals surface area contributed by atoms with Crippen LogP contribution in [0.1, 0.15) is 0 Å². The molecule has 0 fully saturated rings. The van der Waals surface area contributed by atoms with E-state index in [0.29, 0.717) is 11.2 Å². The van der Waals surface area contributed by atoms with Crippen LogP contribution in [-0.4, -0.2) is 9.97 Å². The fourth-order valence-corrected chi connectivity index (χ4v) is 1.85. The van der Waals surface area contributed by atoms with Gasteiger partial charge in [-0.05, 0) is 30.3 Å². The molecule has 0 saturated heterocycles. The number of halogens is 2. The van der Waals surface area contributed by atoms with Crippen molar-refractivity contribution in [2.75, 3.05) is 0 Å². The minimum absolute atomic E-state index is 0.294. The maximum atomic E-state index is 13.0. The quantitative estimate of drug-likeness (QED) is 0.680. The predicted molar refractivity (Wildman–Crippen MR) is 61.4 cm³/mol. The lowest BCUT2D eigenvalue weighted by Crippen LogP contribution is -1.83. The van der Waals surface area contributed by atoms with Gasteiger partial charge in [-0.1, -0.05) is 0 Å². The Bertz CT molecular complexity index is 671. The molecular weight excluding hydrogens is 222 g/mol. The molecule has 1 N–H and O–H groups in total. The van der Waals surface area contributed by atoms with E-state index in [0.717, 1.165) is 17.1 Å². The smallest absolute Gasteiger partial charge is 0.141 e. The molecule has 0 aliphatic rings. The van der Waals surface area contributed by atoms with E-state index >= 15 is 0 Å². The number of H-pyrrole nitrogens is 1. The average molecular weight is 230 g/mol. The third kappa shape index (κ3) is 1.67. The maximum absolute atomic E-state index is 13.0. The van der Waals surface area contributed by atoms with E-state index < -0.39 is 0 Å². The molecule has 0 atom stereocenters. The van der Waals surface area contributed by atoms with Gasteiger partial charge in [0.1, 0.15) is 11.6 Å². The second-order valence-corrected chi connectivity index (χ2v) is 3.75. The van der Waals surface area contributed by atoms with E-state index in [4.69, 9.17) is 0 Å². The molecule has 2 aromatic heterocycles. The Balaban J connectivity index is 2.21. The predicted octanol–water partition coefficient (Wildman–Crippen LogP) is 3.51. The minimum Gasteiger partial charge on any atom is -0.360 e. The Labute approximate surface area is 95.9 Å². The summed E-state index contributed by atoms with van der Waals surface area (Å²) in [4.78, 5) is 6.97. The highest BCUT2D eigenvalue weighted by Crippen LogP contribution is 2.27. The SMILES string of the molecule is Fc1ccc(-c2c[nH]c3cc(F)ccc23)nc1. The minimum atomic E-state index is -0.375. The summed E-state index contributed by atoms with van der Waals surface area (Å²) < 4.78 is 25.8. The second kappa shape index (κ2) is 3.66. The van der Waals surface area contributed by atoms with E-state index in [1.54, 1.807) is 18.3 Å². The topological polar surface area (TPSA) is 28.7 Å². The van der Waals surface area contributed by atoms with Crippen molar-refractivity contribution in [1.82, 2.24) is 9.97 Å². The summed E-state index contributed by atoms with van der Waals surface area (Å²) in [6, 6.07) is 7.44. The van der Waals surface area contributed by atoms with Gasteiger partial charge in [-0.15, -0.1) is 0 Å². The van der Waals surface area contributed by atoms with Gasteiger partial charge < -0.3 is 4.98 Å². The van der Waals surface area contributed by atoms with Gasteiger partial charge in [-0.3, -0.25) is 4.98 Å². The molecule has 0 radical (unpaired) electrons. The van der Waals surface area contributed by atoms with Crippen molar-refractivity contribution in [1.29, 1.82) is 0 Å². The summed E-state index contributed by atoms with van der Waals surface area (Å²) >= 11 is 0. The zero-order valence-electron chi connectivity index (χ0n) is 8.74. The number of hydrogen-bond donors (Lipinski definition) is 1. The van der Waals surface area contributed by atoms with Crippen LogP contribution in [0.15, 0.2) is 42.7 Å². The van der Waals surface area contributed by atoms with Crippen molar-refractivity contribution in [3.63, 3.8) is 0 Å². The molecule has 0 spiro atoms. The van der Waals surface area contributed by atoms with Crippen molar-refractivity contribution in [3.05, 3.63) is 54.4 Å². The normalized spacial score (nSPS) is 10.9. The molecule has 84 valence electrons. The lowest BCUT2D eigenvalue weighted by molar-refractivity contribution is 0.622. The fourth-order valence-electron chi connectivity index (χ4n) is 1.85. The van der Waals surface area contributed by atoms with E-state index in [1.165, 1.54) is 18.2 Å². The number of hydrogen-bond acceptors (Lipinski definition) is 1. The van der Waals surface area contributed by atoms with E-state index in [9.17, 15) is 8.78 Å². The Hall–Kier alpha value is -2.23. The lowest BCUT2D eigenvalue weighted by Gasteiger charge is -1.98. The first kappa shape index (κ1) is 9.96. The number of aromatic amines is 1. The average Bonchev–Trinajstić information content (AvgIpc) is 2.73. The van der Waals surface area contributed by atoms with E-state index in [1.807, 2.05) is 0 Å². The molecule has 17 heavy (non-hydrogen) atoms. The first-order valence-corrected chi connectivity index (χ1v) is 5.12. The number of benzene rings is 1. The highest BCUT2D eigenvalue weighted by Gasteiger charge is 2.07. The van der Waals surface area contributed by atoms with Gasteiger partial charge in [-0.25, -0.2) is 8.78 Å². The number of fused-ring (bicyclic) bond motifs is 1. The van der Waals surface area contributed by atoms with Crippen LogP contribution in [0.3, 0.4) is 0 Å². The largest absolute Gasteiger partial charge is 0.360 e. The lowest BCUT2D eigenvalue weighted by atomic mass is 10.1. The van der Waals surface area contributed by atoms with Gasteiger partial charge in [-0.2, -0.15) is 0 Å². The molecule has 3 rings (SSSR count). The zero-order chi connectivity index (χ0) is 11.8. The van der Waals surface area contributed by atoms with Gasteiger partial charge in [0.2, 0.25) is 0 Å². The second-order valence-electron chi connectivity index (χ2n) is 3.75. The third-order valence-electron chi connectivity index (χ3n) is 2.65. The Morgan fingerprint density at radius 1 is 1.00 bits per heavy atom. The third-order valence-corrected chi connectivity index (χ3v) is 2.65. The zero-order valence-corrected chi connectivity index (χ0v) is 8.74.